The highest BCUT2D eigenvalue weighted by Gasteiger charge is 2.26. The zero-order chi connectivity index (χ0) is 26.3. The fourth-order valence-corrected chi connectivity index (χ4v) is 5.10. The molecule has 0 bridgehead atoms. The van der Waals surface area contributed by atoms with Gasteiger partial charge in [-0.05, 0) is 55.3 Å². The van der Waals surface area contributed by atoms with E-state index in [2.05, 4.69) is 35.2 Å². The van der Waals surface area contributed by atoms with Crippen molar-refractivity contribution in [1.82, 2.24) is 25.0 Å². The van der Waals surface area contributed by atoms with Gasteiger partial charge in [-0.2, -0.15) is 4.72 Å². The number of piperidine rings is 1. The zero-order valence-corrected chi connectivity index (χ0v) is 20.6. The van der Waals surface area contributed by atoms with Gasteiger partial charge in [-0.15, -0.1) is 0 Å². The number of anilines is 2. The number of sulfonamides is 1. The van der Waals surface area contributed by atoms with Crippen LogP contribution in [0.5, 0.6) is 0 Å². The molecule has 0 radical (unpaired) electrons. The summed E-state index contributed by atoms with van der Waals surface area (Å²) in [5.41, 5.74) is 1.28. The van der Waals surface area contributed by atoms with Crippen LogP contribution in [0, 0.1) is 0 Å². The van der Waals surface area contributed by atoms with Crippen LogP contribution < -0.4 is 20.3 Å². The van der Waals surface area contributed by atoms with Gasteiger partial charge in [0.1, 0.15) is 10.9 Å². The average Bonchev–Trinajstić information content (AvgIpc) is 2.92. The molecule has 1 saturated heterocycles. The Kier molecular flexibility index (Phi) is 8.25. The molecule has 1 aliphatic heterocycles. The molecular weight excluding hydrogens is 498 g/mol. The summed E-state index contributed by atoms with van der Waals surface area (Å²) in [5.74, 6) is -1.35. The van der Waals surface area contributed by atoms with E-state index in [9.17, 15) is 23.1 Å². The molecule has 1 aliphatic rings. The lowest BCUT2D eigenvalue weighted by molar-refractivity contribution is -0.138. The van der Waals surface area contributed by atoms with Crippen molar-refractivity contribution in [3.63, 3.8) is 0 Å². The monoisotopic (exact) mass is 525 g/mol. The molecule has 1 amide bonds. The molecule has 2 atom stereocenters. The van der Waals surface area contributed by atoms with E-state index in [-0.39, 0.29) is 10.9 Å². The summed E-state index contributed by atoms with van der Waals surface area (Å²) in [6.45, 7) is 1.19. The molecule has 1 aromatic carbocycles. The summed E-state index contributed by atoms with van der Waals surface area (Å²) < 4.78 is 26.9. The molecule has 0 aliphatic carbocycles. The third-order valence-electron chi connectivity index (χ3n) is 5.82. The number of carbonyl (C=O) groups excluding carboxylic acids is 1. The van der Waals surface area contributed by atoms with Crippen molar-refractivity contribution in [3.8, 4) is 0 Å². The third kappa shape index (κ3) is 6.98. The molecule has 13 heteroatoms. The number of pyridine rings is 1. The second kappa shape index (κ2) is 11.8. The number of nitrogens with zero attached hydrogens (tertiary/aromatic N) is 4. The minimum Gasteiger partial charge on any atom is -0.480 e. The van der Waals surface area contributed by atoms with Crippen molar-refractivity contribution >= 4 is 33.5 Å². The number of hydrogen-bond donors (Lipinski definition) is 4. The summed E-state index contributed by atoms with van der Waals surface area (Å²) >= 11 is 0. The fourth-order valence-electron chi connectivity index (χ4n) is 3.95. The van der Waals surface area contributed by atoms with Gasteiger partial charge < -0.3 is 20.6 Å². The van der Waals surface area contributed by atoms with Crippen molar-refractivity contribution < 1.29 is 23.1 Å². The summed E-state index contributed by atoms with van der Waals surface area (Å²) in [4.78, 5) is 38.4. The van der Waals surface area contributed by atoms with Crippen LogP contribution in [0.3, 0.4) is 0 Å². The molecule has 4 N–H and O–H groups in total. The second-order valence-corrected chi connectivity index (χ2v) is 10.2. The number of amides is 1. The van der Waals surface area contributed by atoms with Gasteiger partial charge in [0.05, 0.1) is 0 Å². The van der Waals surface area contributed by atoms with Gasteiger partial charge in [0, 0.05) is 61.7 Å². The van der Waals surface area contributed by atoms with Gasteiger partial charge in [0.15, 0.2) is 0 Å². The van der Waals surface area contributed by atoms with Gasteiger partial charge in [0.2, 0.25) is 16.0 Å². The normalized spacial score (nSPS) is 16.5. The first kappa shape index (κ1) is 26.0. The van der Waals surface area contributed by atoms with Gasteiger partial charge >= 0.3 is 5.97 Å². The molecule has 37 heavy (non-hydrogen) atoms. The number of carboxylic acids is 1. The third-order valence-corrected chi connectivity index (χ3v) is 7.28. The lowest BCUT2D eigenvalue weighted by atomic mass is 10.0. The average molecular weight is 526 g/mol. The predicted octanol–water partition coefficient (Wildman–Crippen LogP) is 1.11. The van der Waals surface area contributed by atoms with Gasteiger partial charge in [0.25, 0.3) is 5.91 Å². The number of carboxylic acid groups (broad SMARTS) is 1. The molecule has 0 saturated carbocycles. The molecule has 3 heterocycles. The van der Waals surface area contributed by atoms with Gasteiger partial charge in [-0.1, -0.05) is 0 Å². The van der Waals surface area contributed by atoms with E-state index in [1.807, 2.05) is 12.1 Å². The van der Waals surface area contributed by atoms with Crippen LogP contribution in [0.25, 0.3) is 0 Å². The van der Waals surface area contributed by atoms with E-state index in [1.54, 1.807) is 30.6 Å². The number of nitrogens with one attached hydrogen (secondary N) is 3. The van der Waals surface area contributed by atoms with Crippen LogP contribution in [-0.2, 0) is 14.8 Å². The highest BCUT2D eigenvalue weighted by molar-refractivity contribution is 7.89. The van der Waals surface area contributed by atoms with E-state index in [0.29, 0.717) is 11.5 Å². The molecule has 0 spiro atoms. The minimum absolute atomic E-state index is 0.172. The van der Waals surface area contributed by atoms with E-state index in [4.69, 9.17) is 0 Å². The molecule has 12 nitrogen and oxygen atoms in total. The Hall–Kier alpha value is -4.10. The Morgan fingerprint density at radius 3 is 2.51 bits per heavy atom. The number of aromatic nitrogens is 3. The Morgan fingerprint density at radius 1 is 1.08 bits per heavy atom. The first-order chi connectivity index (χ1) is 17.8. The summed E-state index contributed by atoms with van der Waals surface area (Å²) in [7, 11) is -4.12. The van der Waals surface area contributed by atoms with E-state index < -0.39 is 34.5 Å². The largest absolute Gasteiger partial charge is 0.480 e. The van der Waals surface area contributed by atoms with Crippen molar-refractivity contribution in [2.75, 3.05) is 29.9 Å². The van der Waals surface area contributed by atoms with Crippen molar-refractivity contribution in [1.29, 1.82) is 0 Å². The standard InChI is InChI=1S/C24H27N7O5S/c32-22(28-15-21(23(33)34)30-37(35,36)20-5-1-10-25-14-20)17-6-8-19(9-7-17)31-13-2-4-18(16-31)29-24-26-11-3-12-27-24/h1,3,5-12,14,18,21,30H,2,4,13,15-16H2,(H,28,32)(H,33,34)(H,26,27,29). The Morgan fingerprint density at radius 2 is 1.84 bits per heavy atom. The molecule has 4 rings (SSSR count). The van der Waals surface area contributed by atoms with Crippen molar-refractivity contribution in [2.24, 2.45) is 0 Å². The van der Waals surface area contributed by atoms with Crippen LogP contribution in [-0.4, -0.2) is 72.1 Å². The molecular formula is C24H27N7O5S. The topological polar surface area (TPSA) is 167 Å². The second-order valence-electron chi connectivity index (χ2n) is 8.46. The minimum atomic E-state index is -4.12. The Balaban J connectivity index is 1.33. The smallest absolute Gasteiger partial charge is 0.323 e. The Labute approximate surface area is 214 Å². The molecule has 2 aromatic heterocycles. The zero-order valence-electron chi connectivity index (χ0n) is 19.8. The van der Waals surface area contributed by atoms with E-state index in [1.165, 1.54) is 18.3 Å². The number of carbonyl (C=O) groups is 2. The fraction of sp³-hybridized carbons (Fsp3) is 0.292. The van der Waals surface area contributed by atoms with Crippen LogP contribution in [0.2, 0.25) is 0 Å². The molecule has 194 valence electrons. The number of hydrogen-bond acceptors (Lipinski definition) is 9. The van der Waals surface area contributed by atoms with Crippen molar-refractivity contribution in [2.45, 2.75) is 29.8 Å². The maximum atomic E-state index is 12.6. The predicted molar refractivity (Wildman–Crippen MR) is 136 cm³/mol. The van der Waals surface area contributed by atoms with Crippen LogP contribution in [0.4, 0.5) is 11.6 Å². The van der Waals surface area contributed by atoms with Crippen LogP contribution in [0.15, 0.2) is 72.1 Å². The molecule has 1 fully saturated rings. The van der Waals surface area contributed by atoms with Crippen LogP contribution in [0.1, 0.15) is 23.2 Å². The SMILES string of the molecule is O=C(NCC(NS(=O)(=O)c1cccnc1)C(=O)O)c1ccc(N2CCCC(Nc3ncccn3)C2)cc1. The maximum Gasteiger partial charge on any atom is 0.323 e. The van der Waals surface area contributed by atoms with Crippen molar-refractivity contribution in [3.05, 3.63) is 72.8 Å². The van der Waals surface area contributed by atoms with E-state index in [0.717, 1.165) is 37.8 Å². The van der Waals surface area contributed by atoms with Gasteiger partial charge in [-0.3, -0.25) is 14.6 Å². The summed E-state index contributed by atoms with van der Waals surface area (Å²) in [6, 6.07) is 10.1. The van der Waals surface area contributed by atoms with Gasteiger partial charge in [-0.25, -0.2) is 18.4 Å². The quantitative estimate of drug-likeness (QED) is 0.301. The summed E-state index contributed by atoms with van der Waals surface area (Å²) in [6.07, 6.45) is 7.86. The highest BCUT2D eigenvalue weighted by atomic mass is 32.2. The molecule has 2 unspecified atom stereocenters. The van der Waals surface area contributed by atoms with Crippen LogP contribution >= 0.6 is 0 Å². The van der Waals surface area contributed by atoms with E-state index >= 15 is 0 Å². The summed E-state index contributed by atoms with van der Waals surface area (Å²) in [5, 5.41) is 15.3. The first-order valence-electron chi connectivity index (χ1n) is 11.6. The lowest BCUT2D eigenvalue weighted by Crippen LogP contribution is -2.48. The maximum absolute atomic E-state index is 12.6. The lowest BCUT2D eigenvalue weighted by Gasteiger charge is -2.34. The number of rotatable bonds is 10. The highest BCUT2D eigenvalue weighted by Crippen LogP contribution is 2.22. The number of benzene rings is 1. The number of aliphatic carboxylic acids is 1. The Bertz CT molecular complexity index is 1310. The first-order valence-corrected chi connectivity index (χ1v) is 13.1. The molecule has 3 aromatic rings.